The summed E-state index contributed by atoms with van der Waals surface area (Å²) in [6, 6.07) is 8.09. The minimum absolute atomic E-state index is 0.380. The van der Waals surface area contributed by atoms with Crippen LogP contribution in [0.15, 0.2) is 24.3 Å². The Hall–Kier alpha value is -1.02. The normalized spacial score (nSPS) is 18.9. The van der Waals surface area contributed by atoms with Crippen molar-refractivity contribution in [2.45, 2.75) is 38.3 Å². The Labute approximate surface area is 85.5 Å². The van der Waals surface area contributed by atoms with Crippen molar-refractivity contribution < 1.29 is 0 Å². The highest BCUT2D eigenvalue weighted by atomic mass is 15.0. The summed E-state index contributed by atoms with van der Waals surface area (Å²) in [6.07, 6.45) is 3.96. The molecule has 1 aromatic carbocycles. The summed E-state index contributed by atoms with van der Waals surface area (Å²) in [5, 5.41) is 3.58. The lowest BCUT2D eigenvalue weighted by atomic mass is 9.78. The van der Waals surface area contributed by atoms with Gasteiger partial charge in [-0.25, -0.2) is 0 Å². The van der Waals surface area contributed by atoms with E-state index in [4.69, 9.17) is 5.73 Å². The van der Waals surface area contributed by atoms with E-state index in [2.05, 4.69) is 18.3 Å². The molecule has 1 aliphatic rings. The van der Waals surface area contributed by atoms with E-state index in [1.54, 1.807) is 0 Å². The molecule has 1 saturated carbocycles. The summed E-state index contributed by atoms with van der Waals surface area (Å²) in [6.45, 7) is 3.23. The minimum Gasteiger partial charge on any atom is -0.399 e. The van der Waals surface area contributed by atoms with E-state index in [9.17, 15) is 0 Å². The first-order valence-electron chi connectivity index (χ1n) is 5.27. The molecule has 0 heterocycles. The summed E-state index contributed by atoms with van der Waals surface area (Å²) in [7, 11) is 0. The van der Waals surface area contributed by atoms with Crippen molar-refractivity contribution in [3.63, 3.8) is 0 Å². The van der Waals surface area contributed by atoms with Crippen LogP contribution in [0.2, 0.25) is 0 Å². The quantitative estimate of drug-likeness (QED) is 0.718. The summed E-state index contributed by atoms with van der Waals surface area (Å²) in [5.41, 5.74) is 8.22. The number of nitrogens with two attached hydrogens (primary N) is 1. The number of benzene rings is 1. The van der Waals surface area contributed by atoms with Crippen molar-refractivity contribution >= 4 is 5.69 Å². The molecule has 0 saturated heterocycles. The van der Waals surface area contributed by atoms with Crippen LogP contribution in [0.3, 0.4) is 0 Å². The van der Waals surface area contributed by atoms with Gasteiger partial charge in [-0.05, 0) is 43.9 Å². The molecule has 14 heavy (non-hydrogen) atoms. The molecule has 0 radical (unpaired) electrons. The van der Waals surface area contributed by atoms with Crippen molar-refractivity contribution in [3.8, 4) is 0 Å². The number of anilines is 1. The third kappa shape index (κ3) is 2.07. The van der Waals surface area contributed by atoms with E-state index in [1.165, 1.54) is 24.8 Å². The van der Waals surface area contributed by atoms with Crippen LogP contribution in [0.25, 0.3) is 0 Å². The van der Waals surface area contributed by atoms with Crippen molar-refractivity contribution in [3.05, 3.63) is 29.8 Å². The Morgan fingerprint density at radius 1 is 1.43 bits per heavy atom. The maximum atomic E-state index is 5.72. The van der Waals surface area contributed by atoms with Crippen molar-refractivity contribution in [1.82, 2.24) is 5.32 Å². The standard InChI is InChI=1S/C12H18N2/c1-12(6-3-7-12)14-9-10-4-2-5-11(13)8-10/h2,4-5,8,14H,3,6-7,9,13H2,1H3. The molecular weight excluding hydrogens is 172 g/mol. The molecule has 0 aromatic heterocycles. The van der Waals surface area contributed by atoms with Crippen LogP contribution >= 0.6 is 0 Å². The lowest BCUT2D eigenvalue weighted by Crippen LogP contribution is -2.47. The van der Waals surface area contributed by atoms with E-state index in [0.717, 1.165) is 12.2 Å². The average molecular weight is 190 g/mol. The zero-order valence-electron chi connectivity index (χ0n) is 8.72. The molecule has 1 fully saturated rings. The molecule has 76 valence electrons. The van der Waals surface area contributed by atoms with Gasteiger partial charge >= 0.3 is 0 Å². The number of rotatable bonds is 3. The van der Waals surface area contributed by atoms with Crippen LogP contribution in [-0.2, 0) is 6.54 Å². The van der Waals surface area contributed by atoms with Gasteiger partial charge in [0.05, 0.1) is 0 Å². The predicted octanol–water partition coefficient (Wildman–Crippen LogP) is 2.30. The molecular formula is C12H18N2. The Morgan fingerprint density at radius 2 is 2.21 bits per heavy atom. The van der Waals surface area contributed by atoms with Gasteiger partial charge < -0.3 is 11.1 Å². The van der Waals surface area contributed by atoms with Gasteiger partial charge in [-0.3, -0.25) is 0 Å². The summed E-state index contributed by atoms with van der Waals surface area (Å²) in [4.78, 5) is 0. The SMILES string of the molecule is CC1(NCc2cccc(N)c2)CCC1. The van der Waals surface area contributed by atoms with Crippen LogP contribution < -0.4 is 11.1 Å². The van der Waals surface area contributed by atoms with Crippen LogP contribution in [-0.4, -0.2) is 5.54 Å². The molecule has 0 spiro atoms. The number of nitrogen functional groups attached to an aromatic ring is 1. The maximum Gasteiger partial charge on any atom is 0.0317 e. The van der Waals surface area contributed by atoms with Gasteiger partial charge in [0.2, 0.25) is 0 Å². The smallest absolute Gasteiger partial charge is 0.0317 e. The maximum absolute atomic E-state index is 5.72. The highest BCUT2D eigenvalue weighted by Gasteiger charge is 2.30. The van der Waals surface area contributed by atoms with E-state index >= 15 is 0 Å². The van der Waals surface area contributed by atoms with E-state index in [0.29, 0.717) is 5.54 Å². The molecule has 0 bridgehead atoms. The fourth-order valence-corrected chi connectivity index (χ4v) is 1.90. The predicted molar refractivity (Wildman–Crippen MR) is 60.0 cm³/mol. The third-order valence-electron chi connectivity index (χ3n) is 3.13. The molecule has 2 heteroatoms. The second-order valence-electron chi connectivity index (χ2n) is 4.51. The van der Waals surface area contributed by atoms with Crippen molar-refractivity contribution in [2.24, 2.45) is 0 Å². The van der Waals surface area contributed by atoms with E-state index in [1.807, 2.05) is 18.2 Å². The van der Waals surface area contributed by atoms with Gasteiger partial charge in [0, 0.05) is 17.8 Å². The molecule has 1 aliphatic carbocycles. The van der Waals surface area contributed by atoms with Gasteiger partial charge in [0.15, 0.2) is 0 Å². The van der Waals surface area contributed by atoms with E-state index < -0.39 is 0 Å². The monoisotopic (exact) mass is 190 g/mol. The fraction of sp³-hybridized carbons (Fsp3) is 0.500. The molecule has 0 amide bonds. The average Bonchev–Trinajstić information content (AvgIpc) is 2.12. The Kier molecular flexibility index (Phi) is 2.46. The zero-order valence-corrected chi connectivity index (χ0v) is 8.72. The van der Waals surface area contributed by atoms with Crippen LogP contribution in [0.1, 0.15) is 31.7 Å². The molecule has 1 aromatic rings. The molecule has 0 aliphatic heterocycles. The summed E-state index contributed by atoms with van der Waals surface area (Å²) < 4.78 is 0. The van der Waals surface area contributed by atoms with Crippen LogP contribution in [0, 0.1) is 0 Å². The van der Waals surface area contributed by atoms with Gasteiger partial charge in [0.25, 0.3) is 0 Å². The zero-order chi connectivity index (χ0) is 10.0. The first-order valence-corrected chi connectivity index (χ1v) is 5.27. The number of hydrogen-bond donors (Lipinski definition) is 2. The van der Waals surface area contributed by atoms with Crippen molar-refractivity contribution in [1.29, 1.82) is 0 Å². The first-order chi connectivity index (χ1) is 6.68. The van der Waals surface area contributed by atoms with Crippen LogP contribution in [0.4, 0.5) is 5.69 Å². The van der Waals surface area contributed by atoms with Gasteiger partial charge in [-0.1, -0.05) is 12.1 Å². The largest absolute Gasteiger partial charge is 0.399 e. The second kappa shape index (κ2) is 3.62. The topological polar surface area (TPSA) is 38.0 Å². The molecule has 0 atom stereocenters. The minimum atomic E-state index is 0.380. The van der Waals surface area contributed by atoms with Gasteiger partial charge in [-0.2, -0.15) is 0 Å². The van der Waals surface area contributed by atoms with Gasteiger partial charge in [0.1, 0.15) is 0 Å². The first kappa shape index (κ1) is 9.53. The molecule has 3 N–H and O–H groups in total. The lowest BCUT2D eigenvalue weighted by Gasteiger charge is -2.39. The third-order valence-corrected chi connectivity index (χ3v) is 3.13. The Balaban J connectivity index is 1.91. The Bertz CT molecular complexity index is 316. The summed E-state index contributed by atoms with van der Waals surface area (Å²) >= 11 is 0. The highest BCUT2D eigenvalue weighted by Crippen LogP contribution is 2.31. The van der Waals surface area contributed by atoms with Crippen molar-refractivity contribution in [2.75, 3.05) is 5.73 Å². The lowest BCUT2D eigenvalue weighted by molar-refractivity contribution is 0.207. The second-order valence-corrected chi connectivity index (χ2v) is 4.51. The molecule has 2 nitrogen and oxygen atoms in total. The summed E-state index contributed by atoms with van der Waals surface area (Å²) in [5.74, 6) is 0. The molecule has 0 unspecified atom stereocenters. The van der Waals surface area contributed by atoms with E-state index in [-0.39, 0.29) is 0 Å². The van der Waals surface area contributed by atoms with Gasteiger partial charge in [-0.15, -0.1) is 0 Å². The molecule has 2 rings (SSSR count). The number of nitrogens with one attached hydrogen (secondary N) is 1. The Morgan fingerprint density at radius 3 is 2.79 bits per heavy atom. The number of hydrogen-bond acceptors (Lipinski definition) is 2. The van der Waals surface area contributed by atoms with Crippen LogP contribution in [0.5, 0.6) is 0 Å². The fourth-order valence-electron chi connectivity index (χ4n) is 1.90. The highest BCUT2D eigenvalue weighted by molar-refractivity contribution is 5.40.